The van der Waals surface area contributed by atoms with Crippen molar-refractivity contribution in [2.45, 2.75) is 38.6 Å². The van der Waals surface area contributed by atoms with Gasteiger partial charge in [0.15, 0.2) is 5.96 Å². The molecule has 2 N–H and O–H groups in total. The Morgan fingerprint density at radius 3 is 2.59 bits per heavy atom. The Balaban J connectivity index is 0.00000300. The molecule has 0 radical (unpaired) electrons. The zero-order valence-electron chi connectivity index (χ0n) is 17.5. The Bertz CT molecular complexity index is 664. The van der Waals surface area contributed by atoms with Gasteiger partial charge >= 0.3 is 0 Å². The minimum absolute atomic E-state index is 0. The van der Waals surface area contributed by atoms with Gasteiger partial charge in [0.2, 0.25) is 0 Å². The first-order valence-electron chi connectivity index (χ1n) is 10.5. The van der Waals surface area contributed by atoms with Gasteiger partial charge in [0.25, 0.3) is 0 Å². The Morgan fingerprint density at radius 2 is 1.93 bits per heavy atom. The number of benzene rings is 1. The van der Waals surface area contributed by atoms with Gasteiger partial charge in [-0.3, -0.25) is 4.99 Å². The number of guanidine groups is 1. The molecule has 8 heteroatoms. The maximum absolute atomic E-state index is 14.0. The van der Waals surface area contributed by atoms with E-state index in [0.717, 1.165) is 31.5 Å². The monoisotopic (exact) mass is 521 g/mol. The van der Waals surface area contributed by atoms with E-state index < -0.39 is 11.6 Å². The number of likely N-dealkylation sites (tertiary alicyclic amines) is 1. The smallest absolute Gasteiger partial charge is 0.191 e. The summed E-state index contributed by atoms with van der Waals surface area (Å²) in [6.45, 7) is 8.17. The summed E-state index contributed by atoms with van der Waals surface area (Å²) < 4.78 is 27.1. The highest BCUT2D eigenvalue weighted by Gasteiger charge is 2.26. The second-order valence-electron chi connectivity index (χ2n) is 7.91. The molecule has 5 nitrogen and oxygen atoms in total. The minimum Gasteiger partial charge on any atom is -0.367 e. The van der Waals surface area contributed by atoms with Gasteiger partial charge in [0.05, 0.1) is 5.69 Å². The van der Waals surface area contributed by atoms with Gasteiger partial charge in [0, 0.05) is 38.8 Å². The zero-order chi connectivity index (χ0) is 19.9. The molecule has 164 valence electrons. The van der Waals surface area contributed by atoms with Crippen LogP contribution in [0.1, 0.15) is 32.6 Å². The molecular formula is C21H34F2IN5. The summed E-state index contributed by atoms with van der Waals surface area (Å²) in [5.41, 5.74) is 0.465. The molecule has 29 heavy (non-hydrogen) atoms. The average Bonchev–Trinajstić information content (AvgIpc) is 3.14. The summed E-state index contributed by atoms with van der Waals surface area (Å²) >= 11 is 0. The van der Waals surface area contributed by atoms with Crippen molar-refractivity contribution in [1.82, 2.24) is 15.5 Å². The highest BCUT2D eigenvalue weighted by atomic mass is 127. The summed E-state index contributed by atoms with van der Waals surface area (Å²) in [6.07, 6.45) is 4.57. The van der Waals surface area contributed by atoms with Crippen molar-refractivity contribution in [1.29, 1.82) is 0 Å². The van der Waals surface area contributed by atoms with Crippen LogP contribution >= 0.6 is 24.0 Å². The lowest BCUT2D eigenvalue weighted by atomic mass is 9.97. The van der Waals surface area contributed by atoms with Crippen molar-refractivity contribution in [3.05, 3.63) is 29.8 Å². The molecule has 2 aliphatic heterocycles. The number of hydrogen-bond acceptors (Lipinski definition) is 3. The SMILES string of the molecule is CCCN1CCC(CNC(=NC)NC2CCN(c3ccc(F)cc3F)C2)CC1.I. The molecule has 1 aromatic rings. The standard InChI is InChI=1S/C21H33F2N5.HI/c1-3-9-27-10-6-16(7-11-27)14-25-21(24-2)26-18-8-12-28(15-18)20-5-4-17(22)13-19(20)23;/h4-5,13,16,18H,3,6-12,14-15H2,1-2H3,(H2,24,25,26);1H. The molecule has 0 bridgehead atoms. The second-order valence-corrected chi connectivity index (χ2v) is 7.91. The van der Waals surface area contributed by atoms with E-state index in [1.807, 2.05) is 4.90 Å². The van der Waals surface area contributed by atoms with E-state index in [0.29, 0.717) is 18.2 Å². The van der Waals surface area contributed by atoms with E-state index in [-0.39, 0.29) is 30.0 Å². The Kier molecular flexibility index (Phi) is 9.88. The molecule has 0 aromatic heterocycles. The van der Waals surface area contributed by atoms with Crippen LogP contribution in [0.2, 0.25) is 0 Å². The number of nitrogens with one attached hydrogen (secondary N) is 2. The Labute approximate surface area is 190 Å². The lowest BCUT2D eigenvalue weighted by Crippen LogP contribution is -2.47. The van der Waals surface area contributed by atoms with Crippen molar-refractivity contribution >= 4 is 35.6 Å². The number of aliphatic imine (C=N–C) groups is 1. The van der Waals surface area contributed by atoms with Crippen LogP contribution in [0.4, 0.5) is 14.5 Å². The predicted octanol–water partition coefficient (Wildman–Crippen LogP) is 3.45. The van der Waals surface area contributed by atoms with Gasteiger partial charge in [-0.1, -0.05) is 6.92 Å². The first kappa shape index (κ1) is 24.1. The second kappa shape index (κ2) is 11.9. The summed E-state index contributed by atoms with van der Waals surface area (Å²) in [7, 11) is 1.78. The molecule has 0 spiro atoms. The summed E-state index contributed by atoms with van der Waals surface area (Å²) in [6, 6.07) is 3.97. The van der Waals surface area contributed by atoms with Crippen molar-refractivity contribution in [2.24, 2.45) is 10.9 Å². The van der Waals surface area contributed by atoms with Crippen LogP contribution in [0.3, 0.4) is 0 Å². The van der Waals surface area contributed by atoms with E-state index in [4.69, 9.17) is 0 Å². The molecule has 1 unspecified atom stereocenters. The zero-order valence-corrected chi connectivity index (χ0v) is 19.8. The Hall–Kier alpha value is -1.16. The van der Waals surface area contributed by atoms with E-state index in [9.17, 15) is 8.78 Å². The Morgan fingerprint density at radius 1 is 1.17 bits per heavy atom. The first-order valence-corrected chi connectivity index (χ1v) is 10.5. The van der Waals surface area contributed by atoms with Crippen molar-refractivity contribution in [3.63, 3.8) is 0 Å². The maximum Gasteiger partial charge on any atom is 0.191 e. The molecule has 2 saturated heterocycles. The fraction of sp³-hybridized carbons (Fsp3) is 0.667. The van der Waals surface area contributed by atoms with Crippen molar-refractivity contribution in [3.8, 4) is 0 Å². The molecule has 2 aliphatic rings. The van der Waals surface area contributed by atoms with Crippen LogP contribution in [-0.2, 0) is 0 Å². The van der Waals surface area contributed by atoms with Crippen LogP contribution in [0.5, 0.6) is 0 Å². The molecule has 2 fully saturated rings. The van der Waals surface area contributed by atoms with Crippen LogP contribution in [0, 0.1) is 17.6 Å². The molecule has 2 heterocycles. The summed E-state index contributed by atoms with van der Waals surface area (Å²) in [5.74, 6) is 0.445. The van der Waals surface area contributed by atoms with Gasteiger partial charge in [-0.2, -0.15) is 0 Å². The van der Waals surface area contributed by atoms with Crippen molar-refractivity contribution < 1.29 is 8.78 Å². The highest BCUT2D eigenvalue weighted by Crippen LogP contribution is 2.24. The maximum atomic E-state index is 14.0. The van der Waals surface area contributed by atoms with Gasteiger partial charge in [-0.15, -0.1) is 24.0 Å². The average molecular weight is 521 g/mol. The first-order chi connectivity index (χ1) is 13.6. The van der Waals surface area contributed by atoms with Crippen LogP contribution in [0.15, 0.2) is 23.2 Å². The number of hydrogen-bond donors (Lipinski definition) is 2. The number of rotatable bonds is 6. The molecule has 3 rings (SSSR count). The quantitative estimate of drug-likeness (QED) is 0.342. The molecule has 1 aromatic carbocycles. The van der Waals surface area contributed by atoms with Gasteiger partial charge in [-0.25, -0.2) is 8.78 Å². The minimum atomic E-state index is -0.541. The van der Waals surface area contributed by atoms with Crippen molar-refractivity contribution in [2.75, 3.05) is 51.2 Å². The molecule has 0 aliphatic carbocycles. The molecule has 1 atom stereocenters. The lowest BCUT2D eigenvalue weighted by Gasteiger charge is -2.32. The van der Waals surface area contributed by atoms with E-state index in [2.05, 4.69) is 27.4 Å². The predicted molar refractivity (Wildman–Crippen MR) is 126 cm³/mol. The van der Waals surface area contributed by atoms with Crippen LogP contribution < -0.4 is 15.5 Å². The fourth-order valence-corrected chi connectivity index (χ4v) is 4.19. The largest absolute Gasteiger partial charge is 0.367 e. The number of piperidine rings is 1. The molecule has 0 saturated carbocycles. The third-order valence-electron chi connectivity index (χ3n) is 5.81. The normalized spacial score (nSPS) is 21.2. The number of anilines is 1. The van der Waals surface area contributed by atoms with Gasteiger partial charge in [0.1, 0.15) is 11.6 Å². The molecule has 0 amide bonds. The van der Waals surface area contributed by atoms with Gasteiger partial charge in [-0.05, 0) is 63.4 Å². The summed E-state index contributed by atoms with van der Waals surface area (Å²) in [4.78, 5) is 8.86. The van der Waals surface area contributed by atoms with E-state index in [1.165, 1.54) is 51.0 Å². The number of nitrogens with zero attached hydrogens (tertiary/aromatic N) is 3. The number of halogens is 3. The third-order valence-corrected chi connectivity index (χ3v) is 5.81. The van der Waals surface area contributed by atoms with Crippen LogP contribution in [-0.4, -0.2) is 63.2 Å². The van der Waals surface area contributed by atoms with E-state index >= 15 is 0 Å². The topological polar surface area (TPSA) is 42.9 Å². The van der Waals surface area contributed by atoms with Crippen LogP contribution in [0.25, 0.3) is 0 Å². The highest BCUT2D eigenvalue weighted by molar-refractivity contribution is 14.0. The van der Waals surface area contributed by atoms with E-state index in [1.54, 1.807) is 7.05 Å². The van der Waals surface area contributed by atoms with Gasteiger partial charge < -0.3 is 20.4 Å². The summed E-state index contributed by atoms with van der Waals surface area (Å²) in [5, 5.41) is 6.92. The lowest BCUT2D eigenvalue weighted by molar-refractivity contribution is 0.185. The fourth-order valence-electron chi connectivity index (χ4n) is 4.19. The third kappa shape index (κ3) is 6.94. The molecular weight excluding hydrogens is 487 g/mol.